The lowest BCUT2D eigenvalue weighted by Gasteiger charge is -2.47. The minimum absolute atomic E-state index is 0.180. The number of hydrogen-bond acceptors (Lipinski definition) is 6. The normalized spacial score (nSPS) is 22.4. The number of aliphatic carboxylic acids is 1. The van der Waals surface area contributed by atoms with Gasteiger partial charge in [-0.15, -0.1) is 0 Å². The van der Waals surface area contributed by atoms with Crippen molar-refractivity contribution < 1.29 is 14.3 Å². The molecule has 9 nitrogen and oxygen atoms in total. The third kappa shape index (κ3) is 5.15. The molecule has 3 saturated carbocycles. The van der Waals surface area contributed by atoms with E-state index in [0.29, 0.717) is 33.9 Å². The van der Waals surface area contributed by atoms with Crippen molar-refractivity contribution in [2.24, 2.45) is 17.8 Å². The predicted octanol–water partition coefficient (Wildman–Crippen LogP) is 6.56. The van der Waals surface area contributed by atoms with E-state index >= 15 is 0 Å². The van der Waals surface area contributed by atoms with Gasteiger partial charge in [-0.05, 0) is 50.0 Å². The predicted molar refractivity (Wildman–Crippen MR) is 152 cm³/mol. The third-order valence-corrected chi connectivity index (χ3v) is 9.02. The fourth-order valence-corrected chi connectivity index (χ4v) is 6.90. The summed E-state index contributed by atoms with van der Waals surface area (Å²) in [6, 6.07) is 1.23. The first-order chi connectivity index (χ1) is 19.5. The minimum Gasteiger partial charge on any atom is -0.481 e. The molecule has 4 aromatic rings. The Labute approximate surface area is 233 Å². The Balaban J connectivity index is 1.35. The molecule has 40 heavy (non-hydrogen) atoms. The number of H-pyrrole nitrogens is 1. The number of carbonyl (C=O) groups is 1. The Bertz CT molecular complexity index is 1490. The van der Waals surface area contributed by atoms with Gasteiger partial charge in [-0.25, -0.2) is 24.0 Å². The van der Waals surface area contributed by atoms with Gasteiger partial charge in [0.25, 0.3) is 0 Å². The SMILES string of the molecule is CCCCCCCCCn1ncc2c(NC3C4CCC(CC4)C3C(=O)O)nc(-c3c[nH]c4ncc(F)cc34)nc21. The lowest BCUT2D eigenvalue weighted by molar-refractivity contribution is -0.148. The Morgan fingerprint density at radius 2 is 1.80 bits per heavy atom. The maximum atomic E-state index is 14.1. The highest BCUT2D eigenvalue weighted by Crippen LogP contribution is 2.46. The van der Waals surface area contributed by atoms with Crippen molar-refractivity contribution in [1.82, 2.24) is 29.7 Å². The number of aryl methyl sites for hydroxylation is 1. The summed E-state index contributed by atoms with van der Waals surface area (Å²) in [5.41, 5.74) is 1.90. The van der Waals surface area contributed by atoms with Crippen LogP contribution in [0.5, 0.6) is 0 Å². The van der Waals surface area contributed by atoms with Gasteiger partial charge in [0.2, 0.25) is 0 Å². The van der Waals surface area contributed by atoms with Crippen LogP contribution in [0.25, 0.3) is 33.5 Å². The number of rotatable bonds is 12. The largest absolute Gasteiger partial charge is 0.481 e. The number of nitrogens with one attached hydrogen (secondary N) is 2. The van der Waals surface area contributed by atoms with Crippen molar-refractivity contribution in [2.45, 2.75) is 90.1 Å². The molecular formula is C30H38FN7O2. The Hall–Kier alpha value is -3.56. The van der Waals surface area contributed by atoms with Crippen molar-refractivity contribution in [3.63, 3.8) is 0 Å². The highest BCUT2D eigenvalue weighted by atomic mass is 19.1. The maximum Gasteiger partial charge on any atom is 0.308 e. The molecule has 2 unspecified atom stereocenters. The van der Waals surface area contributed by atoms with Crippen LogP contribution in [0.3, 0.4) is 0 Å². The molecule has 4 heterocycles. The fraction of sp³-hybridized carbons (Fsp3) is 0.567. The molecule has 3 fully saturated rings. The summed E-state index contributed by atoms with van der Waals surface area (Å²) in [5, 5.41) is 19.8. The van der Waals surface area contributed by atoms with Crippen molar-refractivity contribution in [3.8, 4) is 11.4 Å². The van der Waals surface area contributed by atoms with Gasteiger partial charge in [0.1, 0.15) is 17.3 Å². The first-order valence-electron chi connectivity index (χ1n) is 14.9. The summed E-state index contributed by atoms with van der Waals surface area (Å²) in [5.74, 6) is -0.135. The second-order valence-corrected chi connectivity index (χ2v) is 11.6. The van der Waals surface area contributed by atoms with Crippen molar-refractivity contribution in [2.75, 3.05) is 5.32 Å². The van der Waals surface area contributed by atoms with Gasteiger partial charge in [0.05, 0.1) is 23.7 Å². The van der Waals surface area contributed by atoms with Crippen molar-refractivity contribution in [1.29, 1.82) is 0 Å². The van der Waals surface area contributed by atoms with E-state index in [-0.39, 0.29) is 17.9 Å². The van der Waals surface area contributed by atoms with E-state index in [2.05, 4.69) is 27.3 Å². The first kappa shape index (κ1) is 26.7. The number of halogens is 1. The summed E-state index contributed by atoms with van der Waals surface area (Å²) in [6.07, 6.45) is 17.1. The smallest absolute Gasteiger partial charge is 0.308 e. The van der Waals surface area contributed by atoms with E-state index in [1.54, 1.807) is 12.4 Å². The van der Waals surface area contributed by atoms with Gasteiger partial charge < -0.3 is 15.4 Å². The number of fused-ring (bicyclic) bond motifs is 5. The summed E-state index contributed by atoms with van der Waals surface area (Å²) < 4.78 is 16.1. The quantitative estimate of drug-likeness (QED) is 0.172. The topological polar surface area (TPSA) is 122 Å². The van der Waals surface area contributed by atoms with Crippen LogP contribution in [0.1, 0.15) is 77.6 Å². The van der Waals surface area contributed by atoms with Crippen LogP contribution in [-0.2, 0) is 11.3 Å². The molecular weight excluding hydrogens is 509 g/mol. The molecule has 3 N–H and O–H groups in total. The van der Waals surface area contributed by atoms with E-state index in [0.717, 1.165) is 50.5 Å². The van der Waals surface area contributed by atoms with Gasteiger partial charge in [-0.3, -0.25) is 4.79 Å². The van der Waals surface area contributed by atoms with Crippen LogP contribution in [0, 0.1) is 23.6 Å². The zero-order chi connectivity index (χ0) is 27.6. The third-order valence-electron chi connectivity index (χ3n) is 9.02. The van der Waals surface area contributed by atoms with E-state index < -0.39 is 17.7 Å². The second-order valence-electron chi connectivity index (χ2n) is 11.6. The van der Waals surface area contributed by atoms with Crippen LogP contribution in [0.15, 0.2) is 24.7 Å². The minimum atomic E-state index is -0.745. The Morgan fingerprint density at radius 3 is 2.58 bits per heavy atom. The highest BCUT2D eigenvalue weighted by Gasteiger charge is 2.47. The van der Waals surface area contributed by atoms with E-state index in [1.165, 1.54) is 44.4 Å². The summed E-state index contributed by atoms with van der Waals surface area (Å²) in [6.45, 7) is 2.97. The number of unbranched alkanes of at least 4 members (excludes halogenated alkanes) is 6. The molecule has 2 bridgehead atoms. The van der Waals surface area contributed by atoms with E-state index in [1.807, 2.05) is 4.68 Å². The van der Waals surface area contributed by atoms with Crippen LogP contribution in [0.2, 0.25) is 0 Å². The molecule has 4 aromatic heterocycles. The summed E-state index contributed by atoms with van der Waals surface area (Å²) in [7, 11) is 0. The first-order valence-corrected chi connectivity index (χ1v) is 14.9. The van der Waals surface area contributed by atoms with Crippen molar-refractivity contribution in [3.05, 3.63) is 30.5 Å². The molecule has 10 heteroatoms. The number of hydrogen-bond donors (Lipinski definition) is 3. The number of carboxylic acid groups (broad SMARTS) is 1. The lowest BCUT2D eigenvalue weighted by atomic mass is 9.61. The summed E-state index contributed by atoms with van der Waals surface area (Å²) in [4.78, 5) is 29.4. The average molecular weight is 548 g/mol. The molecule has 212 valence electrons. The van der Waals surface area contributed by atoms with Crippen molar-refractivity contribution >= 4 is 33.9 Å². The molecule has 0 amide bonds. The molecule has 0 radical (unpaired) electrons. The van der Waals surface area contributed by atoms with Crippen LogP contribution in [-0.4, -0.2) is 46.8 Å². The Kier molecular flexibility index (Phi) is 7.67. The number of aromatic nitrogens is 6. The molecule has 0 spiro atoms. The summed E-state index contributed by atoms with van der Waals surface area (Å²) >= 11 is 0. The average Bonchev–Trinajstić information content (AvgIpc) is 3.57. The van der Waals surface area contributed by atoms with Crippen LogP contribution < -0.4 is 5.32 Å². The van der Waals surface area contributed by atoms with Gasteiger partial charge in [0.15, 0.2) is 11.5 Å². The number of aromatic amines is 1. The molecule has 0 aromatic carbocycles. The number of nitrogens with zero attached hydrogens (tertiary/aromatic N) is 5. The van der Waals surface area contributed by atoms with Crippen LogP contribution in [0.4, 0.5) is 10.2 Å². The van der Waals surface area contributed by atoms with Crippen LogP contribution >= 0.6 is 0 Å². The van der Waals surface area contributed by atoms with E-state index in [4.69, 9.17) is 9.97 Å². The molecule has 3 aliphatic carbocycles. The van der Waals surface area contributed by atoms with Gasteiger partial charge >= 0.3 is 5.97 Å². The van der Waals surface area contributed by atoms with Gasteiger partial charge in [-0.1, -0.05) is 45.4 Å². The molecule has 0 saturated heterocycles. The number of carboxylic acids is 1. The molecule has 3 aliphatic rings. The fourth-order valence-electron chi connectivity index (χ4n) is 6.90. The number of pyridine rings is 1. The Morgan fingerprint density at radius 1 is 1.05 bits per heavy atom. The molecule has 7 rings (SSSR count). The second kappa shape index (κ2) is 11.5. The molecule has 2 atom stereocenters. The monoisotopic (exact) mass is 547 g/mol. The van der Waals surface area contributed by atoms with E-state index in [9.17, 15) is 14.3 Å². The number of anilines is 1. The maximum absolute atomic E-state index is 14.1. The zero-order valence-corrected chi connectivity index (χ0v) is 23.1. The standard InChI is InChI=1S/C30H38FN7O2/c1-2-3-4-5-6-7-8-13-38-29-23(17-34-38)28(35-25-19-11-9-18(10-12-19)24(25)30(39)40)36-27(37-29)22-16-33-26-21(22)14-20(31)15-32-26/h14-19,24-25H,2-13H2,1H3,(H,32,33)(H,39,40)(H,35,36,37). The highest BCUT2D eigenvalue weighted by molar-refractivity contribution is 5.95. The van der Waals surface area contributed by atoms with Gasteiger partial charge in [-0.2, -0.15) is 5.10 Å². The van der Waals surface area contributed by atoms with Gasteiger partial charge in [0, 0.05) is 29.7 Å². The lowest BCUT2D eigenvalue weighted by Crippen LogP contribution is -2.51. The zero-order valence-electron chi connectivity index (χ0n) is 23.1. The molecule has 0 aliphatic heterocycles.